The molecular formula is C20H20ClN5. The summed E-state index contributed by atoms with van der Waals surface area (Å²) < 4.78 is 2.23. The molecule has 0 unspecified atom stereocenters. The van der Waals surface area contributed by atoms with E-state index in [9.17, 15) is 5.26 Å². The Kier molecular flexibility index (Phi) is 4.08. The number of aromatic nitrogens is 3. The average molecular weight is 366 g/mol. The number of nitriles is 1. The smallest absolute Gasteiger partial charge is 0.111 e. The van der Waals surface area contributed by atoms with Crippen molar-refractivity contribution in [1.82, 2.24) is 14.5 Å². The Hall–Kier alpha value is -2.58. The van der Waals surface area contributed by atoms with E-state index < -0.39 is 0 Å². The quantitative estimate of drug-likeness (QED) is 0.683. The fourth-order valence-corrected chi connectivity index (χ4v) is 4.00. The second kappa shape index (κ2) is 6.30. The highest BCUT2D eigenvalue weighted by Crippen LogP contribution is 2.34. The Balaban J connectivity index is 1.83. The van der Waals surface area contributed by atoms with Crippen molar-refractivity contribution < 1.29 is 0 Å². The average Bonchev–Trinajstić information content (AvgIpc) is 2.97. The molecule has 6 heteroatoms. The van der Waals surface area contributed by atoms with E-state index in [0.717, 1.165) is 41.1 Å². The highest BCUT2D eigenvalue weighted by atomic mass is 35.5. The van der Waals surface area contributed by atoms with Crippen LogP contribution in [0.4, 0.5) is 5.69 Å². The molecule has 4 rings (SSSR count). The summed E-state index contributed by atoms with van der Waals surface area (Å²) in [6, 6.07) is 7.91. The van der Waals surface area contributed by atoms with Crippen LogP contribution in [0.5, 0.6) is 0 Å². The zero-order valence-corrected chi connectivity index (χ0v) is 15.9. The van der Waals surface area contributed by atoms with Crippen LogP contribution in [0.1, 0.15) is 42.5 Å². The first-order valence-corrected chi connectivity index (χ1v) is 9.15. The normalized spacial score (nSPS) is 13.9. The lowest BCUT2D eigenvalue weighted by Gasteiger charge is -2.30. The van der Waals surface area contributed by atoms with Gasteiger partial charge in [-0.05, 0) is 18.2 Å². The number of pyridine rings is 1. The SMILES string of the molecule is CC(C)c1nc2c(n1C)CCN(c1c(C#N)cnc3ccc(Cl)cc13)C2. The van der Waals surface area contributed by atoms with Gasteiger partial charge in [-0.1, -0.05) is 25.4 Å². The number of fused-ring (bicyclic) bond motifs is 2. The Morgan fingerprint density at radius 3 is 2.85 bits per heavy atom. The monoisotopic (exact) mass is 365 g/mol. The highest BCUT2D eigenvalue weighted by Gasteiger charge is 2.26. The molecule has 0 N–H and O–H groups in total. The van der Waals surface area contributed by atoms with Crippen molar-refractivity contribution in [3.8, 4) is 6.07 Å². The third-order valence-electron chi connectivity index (χ3n) is 5.04. The molecule has 5 nitrogen and oxygen atoms in total. The fraction of sp³-hybridized carbons (Fsp3) is 0.350. The van der Waals surface area contributed by atoms with Gasteiger partial charge in [0.2, 0.25) is 0 Å². The summed E-state index contributed by atoms with van der Waals surface area (Å²) in [4.78, 5) is 11.5. The first kappa shape index (κ1) is 16.9. The van der Waals surface area contributed by atoms with Crippen LogP contribution in [0.25, 0.3) is 10.9 Å². The Morgan fingerprint density at radius 2 is 2.12 bits per heavy atom. The molecule has 0 radical (unpaired) electrons. The molecule has 0 amide bonds. The van der Waals surface area contributed by atoms with Crippen molar-refractivity contribution in [2.24, 2.45) is 7.05 Å². The molecule has 1 aromatic carbocycles. The molecule has 0 saturated carbocycles. The maximum Gasteiger partial charge on any atom is 0.111 e. The minimum absolute atomic E-state index is 0.384. The Morgan fingerprint density at radius 1 is 1.31 bits per heavy atom. The molecule has 1 aliphatic rings. The van der Waals surface area contributed by atoms with E-state index in [1.54, 1.807) is 6.20 Å². The lowest BCUT2D eigenvalue weighted by molar-refractivity contribution is 0.663. The van der Waals surface area contributed by atoms with Crippen molar-refractivity contribution in [3.63, 3.8) is 0 Å². The summed E-state index contributed by atoms with van der Waals surface area (Å²) in [5.41, 5.74) is 4.71. The van der Waals surface area contributed by atoms with Gasteiger partial charge in [0.25, 0.3) is 0 Å². The molecular weight excluding hydrogens is 346 g/mol. The zero-order valence-electron chi connectivity index (χ0n) is 15.1. The minimum atomic E-state index is 0.384. The highest BCUT2D eigenvalue weighted by molar-refractivity contribution is 6.31. The van der Waals surface area contributed by atoms with Crippen LogP contribution in [0.2, 0.25) is 5.02 Å². The van der Waals surface area contributed by atoms with Gasteiger partial charge < -0.3 is 9.47 Å². The van der Waals surface area contributed by atoms with E-state index in [1.165, 1.54) is 5.69 Å². The fourth-order valence-electron chi connectivity index (χ4n) is 3.83. The lowest BCUT2D eigenvalue weighted by Crippen LogP contribution is -2.32. The molecule has 0 fully saturated rings. The molecule has 0 aliphatic carbocycles. The van der Waals surface area contributed by atoms with Gasteiger partial charge in [0.1, 0.15) is 11.9 Å². The molecule has 0 bridgehead atoms. The molecule has 2 aromatic heterocycles. The van der Waals surface area contributed by atoms with Crippen molar-refractivity contribution in [2.75, 3.05) is 11.4 Å². The predicted molar refractivity (Wildman–Crippen MR) is 104 cm³/mol. The number of benzene rings is 1. The van der Waals surface area contributed by atoms with E-state index in [2.05, 4.69) is 41.4 Å². The minimum Gasteiger partial charge on any atom is -0.363 e. The van der Waals surface area contributed by atoms with Gasteiger partial charge in [0.15, 0.2) is 0 Å². The number of hydrogen-bond donors (Lipinski definition) is 0. The standard InChI is InChI=1S/C20H20ClN5/c1-12(2)20-24-17-11-26(7-6-18(17)25(20)3)19-13(9-22)10-23-16-5-4-14(21)8-15(16)19/h4-5,8,10,12H,6-7,11H2,1-3H3. The van der Waals surface area contributed by atoms with Crippen LogP contribution in [0, 0.1) is 11.3 Å². The second-order valence-electron chi connectivity index (χ2n) is 7.04. The molecule has 132 valence electrons. The van der Waals surface area contributed by atoms with Crippen molar-refractivity contribution in [1.29, 1.82) is 5.26 Å². The van der Waals surface area contributed by atoms with Crippen molar-refractivity contribution in [3.05, 3.63) is 52.2 Å². The van der Waals surface area contributed by atoms with Gasteiger partial charge in [0, 0.05) is 48.2 Å². The maximum atomic E-state index is 9.62. The summed E-state index contributed by atoms with van der Waals surface area (Å²) in [5, 5.41) is 11.2. The van der Waals surface area contributed by atoms with Crippen LogP contribution >= 0.6 is 11.6 Å². The van der Waals surface area contributed by atoms with Crippen molar-refractivity contribution in [2.45, 2.75) is 32.7 Å². The Bertz CT molecular complexity index is 1040. The second-order valence-corrected chi connectivity index (χ2v) is 7.48. The van der Waals surface area contributed by atoms with Crippen LogP contribution in [0.15, 0.2) is 24.4 Å². The van der Waals surface area contributed by atoms with Crippen LogP contribution in [0.3, 0.4) is 0 Å². The number of anilines is 1. The van der Waals surface area contributed by atoms with Crippen LogP contribution in [-0.2, 0) is 20.0 Å². The maximum absolute atomic E-state index is 9.62. The van der Waals surface area contributed by atoms with E-state index in [-0.39, 0.29) is 0 Å². The predicted octanol–water partition coefficient (Wildman–Crippen LogP) is 4.18. The first-order chi connectivity index (χ1) is 12.5. The molecule has 3 heterocycles. The molecule has 0 atom stereocenters. The molecule has 0 spiro atoms. The number of imidazole rings is 1. The molecule has 3 aromatic rings. The summed E-state index contributed by atoms with van der Waals surface area (Å²) in [5.74, 6) is 1.49. The largest absolute Gasteiger partial charge is 0.363 e. The van der Waals surface area contributed by atoms with Gasteiger partial charge >= 0.3 is 0 Å². The molecule has 0 saturated heterocycles. The summed E-state index contributed by atoms with van der Waals surface area (Å²) in [6.45, 7) is 5.86. The third-order valence-corrected chi connectivity index (χ3v) is 5.28. The van der Waals surface area contributed by atoms with Crippen LogP contribution in [-0.4, -0.2) is 21.1 Å². The van der Waals surface area contributed by atoms with E-state index >= 15 is 0 Å². The van der Waals surface area contributed by atoms with Gasteiger partial charge in [0.05, 0.1) is 29.0 Å². The zero-order chi connectivity index (χ0) is 18.4. The number of hydrogen-bond acceptors (Lipinski definition) is 4. The summed E-state index contributed by atoms with van der Waals surface area (Å²) >= 11 is 6.22. The van der Waals surface area contributed by atoms with Gasteiger partial charge in [-0.15, -0.1) is 0 Å². The third kappa shape index (κ3) is 2.62. The molecule has 1 aliphatic heterocycles. The van der Waals surface area contributed by atoms with Gasteiger partial charge in [-0.25, -0.2) is 4.98 Å². The van der Waals surface area contributed by atoms with Crippen LogP contribution < -0.4 is 4.90 Å². The first-order valence-electron chi connectivity index (χ1n) is 8.77. The van der Waals surface area contributed by atoms with E-state index in [0.29, 0.717) is 23.0 Å². The summed E-state index contributed by atoms with van der Waals surface area (Å²) in [6.07, 6.45) is 2.56. The number of nitrogens with zero attached hydrogens (tertiary/aromatic N) is 5. The van der Waals surface area contributed by atoms with E-state index in [1.807, 2.05) is 18.2 Å². The number of halogens is 1. The van der Waals surface area contributed by atoms with Gasteiger partial charge in [-0.2, -0.15) is 5.26 Å². The molecule has 26 heavy (non-hydrogen) atoms. The van der Waals surface area contributed by atoms with Gasteiger partial charge in [-0.3, -0.25) is 4.98 Å². The number of rotatable bonds is 2. The van der Waals surface area contributed by atoms with E-state index in [4.69, 9.17) is 16.6 Å². The lowest BCUT2D eigenvalue weighted by atomic mass is 10.0. The van der Waals surface area contributed by atoms with Crippen molar-refractivity contribution >= 4 is 28.2 Å². The summed E-state index contributed by atoms with van der Waals surface area (Å²) in [7, 11) is 2.10. The topological polar surface area (TPSA) is 57.7 Å². The Labute approximate surface area is 157 Å².